The molecule has 2 heterocycles. The zero-order chi connectivity index (χ0) is 21.4. The van der Waals surface area contributed by atoms with E-state index in [1.807, 2.05) is 73.8 Å². The summed E-state index contributed by atoms with van der Waals surface area (Å²) < 4.78 is 0. The minimum absolute atomic E-state index is 0.124. The van der Waals surface area contributed by atoms with Crippen LogP contribution in [0.3, 0.4) is 0 Å². The lowest BCUT2D eigenvalue weighted by molar-refractivity contribution is -0.132. The summed E-state index contributed by atoms with van der Waals surface area (Å²) in [5.41, 5.74) is 4.33. The van der Waals surface area contributed by atoms with Crippen LogP contribution in [0.4, 0.5) is 5.69 Å². The van der Waals surface area contributed by atoms with Gasteiger partial charge in [-0.2, -0.15) is 0 Å². The molecule has 1 aliphatic rings. The highest BCUT2D eigenvalue weighted by atomic mass is 32.1. The Morgan fingerprint density at radius 1 is 1.07 bits per heavy atom. The molecule has 5 heteroatoms. The molecular weight excluding hydrogens is 394 g/mol. The third-order valence-corrected chi connectivity index (χ3v) is 6.45. The van der Waals surface area contributed by atoms with Crippen molar-refractivity contribution in [3.8, 4) is 0 Å². The van der Waals surface area contributed by atoms with E-state index < -0.39 is 17.7 Å². The summed E-state index contributed by atoms with van der Waals surface area (Å²) in [6, 6.07) is 16.5. The standard InChI is InChI=1S/C25H23NO3S/c1-4-17-9-11-18(12-10-17)26-22(20-6-5-13-30-20)21(24(28)25(26)29)23(27)19-14-15(2)7-8-16(19)3/h5-14,22,27H,4H2,1-3H3/b23-21-. The van der Waals surface area contributed by atoms with E-state index in [4.69, 9.17) is 0 Å². The van der Waals surface area contributed by atoms with E-state index >= 15 is 0 Å². The number of hydrogen-bond acceptors (Lipinski definition) is 4. The molecule has 1 fully saturated rings. The van der Waals surface area contributed by atoms with Crippen molar-refractivity contribution in [3.05, 3.63) is 92.7 Å². The highest BCUT2D eigenvalue weighted by Crippen LogP contribution is 2.43. The van der Waals surface area contributed by atoms with Gasteiger partial charge in [0.1, 0.15) is 11.8 Å². The zero-order valence-corrected chi connectivity index (χ0v) is 18.0. The number of carbonyl (C=O) groups is 2. The third kappa shape index (κ3) is 3.35. The van der Waals surface area contributed by atoms with Crippen LogP contribution < -0.4 is 4.90 Å². The van der Waals surface area contributed by atoms with Gasteiger partial charge in [-0.25, -0.2) is 0 Å². The van der Waals surface area contributed by atoms with Gasteiger partial charge in [-0.1, -0.05) is 42.8 Å². The molecule has 1 atom stereocenters. The number of hydrogen-bond donors (Lipinski definition) is 1. The summed E-state index contributed by atoms with van der Waals surface area (Å²) in [6.45, 7) is 5.88. The van der Waals surface area contributed by atoms with E-state index in [0.29, 0.717) is 11.3 Å². The fourth-order valence-corrected chi connectivity index (χ4v) is 4.67. The van der Waals surface area contributed by atoms with Crippen molar-refractivity contribution < 1.29 is 14.7 Å². The van der Waals surface area contributed by atoms with Crippen LogP contribution in [0.15, 0.2) is 65.6 Å². The van der Waals surface area contributed by atoms with Gasteiger partial charge in [-0.05, 0) is 61.0 Å². The number of carbonyl (C=O) groups excluding carboxylic acids is 2. The Kier molecular flexibility index (Phi) is 5.31. The van der Waals surface area contributed by atoms with Crippen LogP contribution in [0.25, 0.3) is 5.76 Å². The molecule has 0 radical (unpaired) electrons. The first-order valence-electron chi connectivity index (χ1n) is 9.93. The van der Waals surface area contributed by atoms with E-state index in [9.17, 15) is 14.7 Å². The normalized spacial score (nSPS) is 18.2. The van der Waals surface area contributed by atoms with E-state index in [1.165, 1.54) is 16.2 Å². The average Bonchev–Trinajstić information content (AvgIpc) is 3.37. The molecule has 1 saturated heterocycles. The minimum atomic E-state index is -0.661. The van der Waals surface area contributed by atoms with E-state index in [2.05, 4.69) is 6.92 Å². The summed E-state index contributed by atoms with van der Waals surface area (Å²) in [4.78, 5) is 28.6. The molecule has 4 nitrogen and oxygen atoms in total. The Balaban J connectivity index is 1.92. The van der Waals surface area contributed by atoms with Crippen molar-refractivity contribution in [1.82, 2.24) is 0 Å². The predicted molar refractivity (Wildman–Crippen MR) is 121 cm³/mol. The van der Waals surface area contributed by atoms with Gasteiger partial charge in [-0.3, -0.25) is 14.5 Å². The SMILES string of the molecule is CCc1ccc(N2C(=O)C(=O)/C(=C(\O)c3cc(C)ccc3C)C2c2cccs2)cc1. The second-order valence-electron chi connectivity index (χ2n) is 7.52. The Bertz CT molecular complexity index is 1140. The molecule has 0 spiro atoms. The topological polar surface area (TPSA) is 57.6 Å². The molecule has 1 aliphatic heterocycles. The number of rotatable bonds is 4. The number of nitrogens with zero attached hydrogens (tertiary/aromatic N) is 1. The first-order chi connectivity index (χ1) is 14.4. The smallest absolute Gasteiger partial charge is 0.300 e. The second-order valence-corrected chi connectivity index (χ2v) is 8.50. The monoisotopic (exact) mass is 417 g/mol. The molecule has 3 aromatic rings. The Hall–Kier alpha value is -3.18. The Morgan fingerprint density at radius 2 is 1.80 bits per heavy atom. The molecular formula is C25H23NO3S. The number of aryl methyl sites for hydroxylation is 3. The van der Waals surface area contributed by atoms with Crippen LogP contribution in [0.5, 0.6) is 0 Å². The number of aliphatic hydroxyl groups excluding tert-OH is 1. The van der Waals surface area contributed by atoms with Crippen molar-refractivity contribution in [2.75, 3.05) is 4.90 Å². The molecule has 4 rings (SSSR count). The summed E-state index contributed by atoms with van der Waals surface area (Å²) in [5.74, 6) is -1.41. The third-order valence-electron chi connectivity index (χ3n) is 5.53. The lowest BCUT2D eigenvalue weighted by Gasteiger charge is -2.24. The fraction of sp³-hybridized carbons (Fsp3) is 0.200. The molecule has 1 amide bonds. The van der Waals surface area contributed by atoms with Crippen molar-refractivity contribution in [2.24, 2.45) is 0 Å². The maximum atomic E-state index is 13.1. The van der Waals surface area contributed by atoms with E-state index in [1.54, 1.807) is 0 Å². The number of Topliss-reactive ketones (excluding diaryl/α,β-unsaturated/α-hetero) is 1. The molecule has 2 aromatic carbocycles. The fourth-order valence-electron chi connectivity index (χ4n) is 3.84. The van der Waals surface area contributed by atoms with Gasteiger partial charge >= 0.3 is 0 Å². The van der Waals surface area contributed by atoms with Gasteiger partial charge in [0.25, 0.3) is 11.7 Å². The van der Waals surface area contributed by atoms with Crippen molar-refractivity contribution in [2.45, 2.75) is 33.2 Å². The van der Waals surface area contributed by atoms with Gasteiger partial charge in [0.15, 0.2) is 0 Å². The van der Waals surface area contributed by atoms with E-state index in [-0.39, 0.29) is 11.3 Å². The van der Waals surface area contributed by atoms with Crippen LogP contribution in [-0.2, 0) is 16.0 Å². The van der Waals surface area contributed by atoms with Crippen molar-refractivity contribution in [3.63, 3.8) is 0 Å². The second kappa shape index (κ2) is 7.92. The maximum absolute atomic E-state index is 13.1. The number of ketones is 1. The zero-order valence-electron chi connectivity index (χ0n) is 17.2. The van der Waals surface area contributed by atoms with E-state index in [0.717, 1.165) is 28.0 Å². The molecule has 0 bridgehead atoms. The summed E-state index contributed by atoms with van der Waals surface area (Å²) in [6.07, 6.45) is 0.889. The van der Waals surface area contributed by atoms with Crippen molar-refractivity contribution in [1.29, 1.82) is 0 Å². The maximum Gasteiger partial charge on any atom is 0.300 e. The number of aliphatic hydroxyl groups is 1. The van der Waals surface area contributed by atoms with Crippen LogP contribution in [0, 0.1) is 13.8 Å². The Morgan fingerprint density at radius 3 is 2.43 bits per heavy atom. The number of amides is 1. The van der Waals surface area contributed by atoms with Crippen LogP contribution in [0.1, 0.15) is 40.1 Å². The van der Waals surface area contributed by atoms with Gasteiger partial charge in [0.2, 0.25) is 0 Å². The molecule has 30 heavy (non-hydrogen) atoms. The molecule has 1 aromatic heterocycles. The molecule has 152 valence electrons. The van der Waals surface area contributed by atoms with Gasteiger partial charge < -0.3 is 5.11 Å². The summed E-state index contributed by atoms with van der Waals surface area (Å²) >= 11 is 1.46. The number of benzene rings is 2. The lowest BCUT2D eigenvalue weighted by atomic mass is 9.96. The first kappa shape index (κ1) is 20.1. The van der Waals surface area contributed by atoms with Gasteiger partial charge in [0.05, 0.1) is 5.57 Å². The minimum Gasteiger partial charge on any atom is -0.507 e. The van der Waals surface area contributed by atoms with Gasteiger partial charge in [0, 0.05) is 16.1 Å². The van der Waals surface area contributed by atoms with Gasteiger partial charge in [-0.15, -0.1) is 11.3 Å². The van der Waals surface area contributed by atoms with Crippen LogP contribution in [-0.4, -0.2) is 16.8 Å². The molecule has 1 N–H and O–H groups in total. The largest absolute Gasteiger partial charge is 0.507 e. The lowest BCUT2D eigenvalue weighted by Crippen LogP contribution is -2.29. The van der Waals surface area contributed by atoms with Crippen molar-refractivity contribution >= 4 is 34.5 Å². The molecule has 0 aliphatic carbocycles. The first-order valence-corrected chi connectivity index (χ1v) is 10.8. The summed E-state index contributed by atoms with van der Waals surface area (Å²) in [5, 5.41) is 13.1. The average molecular weight is 418 g/mol. The Labute approximate surface area is 180 Å². The quantitative estimate of drug-likeness (QED) is 0.344. The van der Waals surface area contributed by atoms with Crippen LogP contribution in [0.2, 0.25) is 0 Å². The van der Waals surface area contributed by atoms with Crippen LogP contribution >= 0.6 is 11.3 Å². The molecule has 1 unspecified atom stereocenters. The number of anilines is 1. The number of thiophene rings is 1. The molecule has 0 saturated carbocycles. The summed E-state index contributed by atoms with van der Waals surface area (Å²) in [7, 11) is 0. The predicted octanol–water partition coefficient (Wildman–Crippen LogP) is 5.55. The highest BCUT2D eigenvalue weighted by Gasteiger charge is 2.47. The highest BCUT2D eigenvalue weighted by molar-refractivity contribution is 7.10.